The van der Waals surface area contributed by atoms with E-state index in [0.29, 0.717) is 13.2 Å². The first kappa shape index (κ1) is 23.0. The number of hydrogen-bond acceptors (Lipinski definition) is 6. The van der Waals surface area contributed by atoms with Crippen LogP contribution in [0.25, 0.3) is 0 Å². The van der Waals surface area contributed by atoms with Crippen LogP contribution in [0.5, 0.6) is 0 Å². The zero-order valence-corrected chi connectivity index (χ0v) is 12.9. The van der Waals surface area contributed by atoms with Crippen LogP contribution in [0, 0.1) is 0 Å². The molecule has 1 radical (unpaired) electrons. The van der Waals surface area contributed by atoms with Gasteiger partial charge in [-0.05, 0) is 12.8 Å². The summed E-state index contributed by atoms with van der Waals surface area (Å²) in [6, 6.07) is 0. The van der Waals surface area contributed by atoms with Gasteiger partial charge in [-0.1, -0.05) is 26.7 Å². The second kappa shape index (κ2) is 19.2. The predicted octanol–water partition coefficient (Wildman–Crippen LogP) is 1.10. The molecule has 2 atom stereocenters. The Morgan fingerprint density at radius 3 is 1.35 bits per heavy atom. The Bertz CT molecular complexity index is 173. The van der Waals surface area contributed by atoms with Gasteiger partial charge in [-0.15, -0.1) is 0 Å². The summed E-state index contributed by atoms with van der Waals surface area (Å²) in [5.74, 6) is 0. The second-order valence-corrected chi connectivity index (χ2v) is 4.48. The third-order valence-electron chi connectivity index (χ3n) is 1.44. The van der Waals surface area contributed by atoms with Crippen molar-refractivity contribution in [3.63, 3.8) is 0 Å². The van der Waals surface area contributed by atoms with Crippen LogP contribution in [0.2, 0.25) is 0 Å². The first-order chi connectivity index (χ1) is 7.54. The average molecular weight is 338 g/mol. The summed E-state index contributed by atoms with van der Waals surface area (Å²) < 4.78 is 28.0. The molecule has 0 saturated heterocycles. The van der Waals surface area contributed by atoms with Crippen molar-refractivity contribution in [1.29, 1.82) is 0 Å². The van der Waals surface area contributed by atoms with Crippen LogP contribution >= 0.6 is 16.5 Å². The zero-order chi connectivity index (χ0) is 12.8. The van der Waals surface area contributed by atoms with E-state index in [0.717, 1.165) is 25.7 Å². The van der Waals surface area contributed by atoms with Gasteiger partial charge in [0.15, 0.2) is 0 Å². The normalized spacial score (nSPS) is 12.9. The third-order valence-corrected chi connectivity index (χ3v) is 2.32. The van der Waals surface area contributed by atoms with Crippen LogP contribution in [0.1, 0.15) is 39.5 Å². The molecule has 0 aromatic heterocycles. The molecule has 109 valence electrons. The molecular weight excluding hydrogens is 318 g/mol. The Hall–Kier alpha value is 0.819. The summed E-state index contributed by atoms with van der Waals surface area (Å²) in [6.45, 7) is 4.65. The summed E-state index contributed by atoms with van der Waals surface area (Å²) in [6.07, 6.45) is 3.57. The molecule has 0 rings (SSSR count). The van der Waals surface area contributed by atoms with Crippen LogP contribution in [0.15, 0.2) is 0 Å². The molecule has 0 aliphatic carbocycles. The van der Waals surface area contributed by atoms with Crippen LogP contribution in [0.4, 0.5) is 0 Å². The van der Waals surface area contributed by atoms with Gasteiger partial charge in [0.1, 0.15) is 16.5 Å². The molecule has 0 bridgehead atoms. The second-order valence-electron chi connectivity index (χ2n) is 2.90. The molecule has 0 fully saturated rings. The van der Waals surface area contributed by atoms with E-state index in [1.165, 1.54) is 0 Å². The smallest absolute Gasteiger partial charge is 0.781 e. The minimum absolute atomic E-state index is 0. The largest absolute Gasteiger partial charge is 2.00 e. The number of unbranched alkanes of at least 4 members (excludes halogenated alkanes) is 2. The molecule has 17 heavy (non-hydrogen) atoms. The zero-order valence-electron chi connectivity index (χ0n) is 9.99. The van der Waals surface area contributed by atoms with E-state index in [9.17, 15) is 18.9 Å². The fraction of sp³-hybridized carbons (Fsp3) is 1.00. The average Bonchev–Trinajstić information content (AvgIpc) is 2.18. The molecular formula is C8H20CuO6P2. The standard InChI is InChI=1S/2C4H11O3P.Cu/c2*1-2-3-4-7-8(5)6;/h2*8H,2-4H2,1H3,(H,5,6);/q;;+2/p-2. The van der Waals surface area contributed by atoms with Crippen LogP contribution in [-0.4, -0.2) is 13.2 Å². The first-order valence-corrected chi connectivity index (χ1v) is 7.67. The van der Waals surface area contributed by atoms with Crippen molar-refractivity contribution in [2.24, 2.45) is 0 Å². The Labute approximate surface area is 114 Å². The molecule has 2 unspecified atom stereocenters. The van der Waals surface area contributed by atoms with Gasteiger partial charge < -0.3 is 28.0 Å². The minimum atomic E-state index is -2.91. The SMILES string of the molecule is CCCCO[PH](=O)[O-].CCCCO[PH](=O)[O-].[Cu+2]. The van der Waals surface area contributed by atoms with Crippen LogP contribution in [-0.2, 0) is 35.2 Å². The minimum Gasteiger partial charge on any atom is -0.781 e. The van der Waals surface area contributed by atoms with E-state index in [2.05, 4.69) is 9.05 Å². The van der Waals surface area contributed by atoms with Crippen LogP contribution < -0.4 is 9.79 Å². The Morgan fingerprint density at radius 1 is 0.882 bits per heavy atom. The van der Waals surface area contributed by atoms with E-state index in [1.807, 2.05) is 13.8 Å². The van der Waals surface area contributed by atoms with Gasteiger partial charge in [0.2, 0.25) is 0 Å². The molecule has 0 aromatic carbocycles. The van der Waals surface area contributed by atoms with Gasteiger partial charge in [-0.3, -0.25) is 0 Å². The van der Waals surface area contributed by atoms with E-state index in [1.54, 1.807) is 0 Å². The molecule has 0 amide bonds. The maximum absolute atomic E-state index is 9.73. The molecule has 6 nitrogen and oxygen atoms in total. The maximum Gasteiger partial charge on any atom is 2.00 e. The van der Waals surface area contributed by atoms with Crippen molar-refractivity contribution in [2.45, 2.75) is 39.5 Å². The fourth-order valence-electron chi connectivity index (χ4n) is 0.600. The van der Waals surface area contributed by atoms with Crippen molar-refractivity contribution >= 4 is 16.5 Å². The van der Waals surface area contributed by atoms with E-state index < -0.39 is 16.5 Å². The Morgan fingerprint density at radius 2 is 1.18 bits per heavy atom. The summed E-state index contributed by atoms with van der Waals surface area (Å²) in [4.78, 5) is 19.5. The van der Waals surface area contributed by atoms with Gasteiger partial charge in [0, 0.05) is 0 Å². The molecule has 0 aliphatic rings. The van der Waals surface area contributed by atoms with Crippen LogP contribution in [0.3, 0.4) is 0 Å². The van der Waals surface area contributed by atoms with Gasteiger partial charge in [0.05, 0.1) is 13.2 Å². The first-order valence-electron chi connectivity index (χ1n) is 5.22. The molecule has 0 spiro atoms. The van der Waals surface area contributed by atoms with Gasteiger partial charge >= 0.3 is 17.1 Å². The van der Waals surface area contributed by atoms with Gasteiger partial charge in [0.25, 0.3) is 0 Å². The molecule has 9 heteroatoms. The molecule has 0 aliphatic heterocycles. The van der Waals surface area contributed by atoms with Crippen molar-refractivity contribution in [1.82, 2.24) is 0 Å². The van der Waals surface area contributed by atoms with Crippen molar-refractivity contribution in [3.8, 4) is 0 Å². The van der Waals surface area contributed by atoms with E-state index >= 15 is 0 Å². The van der Waals surface area contributed by atoms with Gasteiger partial charge in [-0.2, -0.15) is 0 Å². The fourth-order valence-corrected chi connectivity index (χ4v) is 1.22. The molecule has 0 saturated carbocycles. The summed E-state index contributed by atoms with van der Waals surface area (Å²) in [5, 5.41) is 0. The molecule has 0 aromatic rings. The summed E-state index contributed by atoms with van der Waals surface area (Å²) in [7, 11) is -5.81. The summed E-state index contributed by atoms with van der Waals surface area (Å²) >= 11 is 0. The predicted molar refractivity (Wildman–Crippen MR) is 59.7 cm³/mol. The summed E-state index contributed by atoms with van der Waals surface area (Å²) in [5.41, 5.74) is 0. The van der Waals surface area contributed by atoms with E-state index in [-0.39, 0.29) is 17.1 Å². The Balaban J connectivity index is -0.000000218. The van der Waals surface area contributed by atoms with Crippen molar-refractivity contribution < 1.29 is 45.0 Å². The third kappa shape index (κ3) is 31.6. The van der Waals surface area contributed by atoms with Crippen molar-refractivity contribution in [3.05, 3.63) is 0 Å². The monoisotopic (exact) mass is 337 g/mol. The molecule has 0 N–H and O–H groups in total. The van der Waals surface area contributed by atoms with E-state index in [4.69, 9.17) is 0 Å². The number of hydrogen-bond donors (Lipinski definition) is 0. The maximum atomic E-state index is 9.73. The topological polar surface area (TPSA) is 98.7 Å². The number of rotatable bonds is 8. The Kier molecular flexibility index (Phi) is 25.9. The molecule has 0 heterocycles. The van der Waals surface area contributed by atoms with Gasteiger partial charge in [-0.25, -0.2) is 0 Å². The quantitative estimate of drug-likeness (QED) is 0.373. The van der Waals surface area contributed by atoms with Crippen molar-refractivity contribution in [2.75, 3.05) is 13.2 Å².